The topological polar surface area (TPSA) is 104 Å². The summed E-state index contributed by atoms with van der Waals surface area (Å²) in [5.41, 5.74) is 2.39. The lowest BCUT2D eigenvalue weighted by atomic mass is 10.1. The highest BCUT2D eigenvalue weighted by molar-refractivity contribution is 7.92. The third-order valence-corrected chi connectivity index (χ3v) is 9.16. The van der Waals surface area contributed by atoms with Crippen LogP contribution in [-0.2, 0) is 10.0 Å². The quantitative estimate of drug-likeness (QED) is 0.293. The molecule has 0 bridgehead atoms. The van der Waals surface area contributed by atoms with Gasteiger partial charge in [-0.25, -0.2) is 13.4 Å². The molecule has 5 rings (SSSR count). The van der Waals surface area contributed by atoms with Gasteiger partial charge in [0.15, 0.2) is 5.13 Å². The summed E-state index contributed by atoms with van der Waals surface area (Å²) in [5, 5.41) is 3.93. The molecule has 0 radical (unpaired) electrons. The summed E-state index contributed by atoms with van der Waals surface area (Å²) in [6.45, 7) is 6.45. The van der Waals surface area contributed by atoms with E-state index in [4.69, 9.17) is 9.72 Å². The number of nitrogens with zero attached hydrogens (tertiary/aromatic N) is 3. The number of piperazine rings is 1. The largest absolute Gasteiger partial charge is 0.494 e. The van der Waals surface area contributed by atoms with Crippen molar-refractivity contribution in [2.75, 3.05) is 56.0 Å². The number of hydrogen-bond donors (Lipinski definition) is 2. The van der Waals surface area contributed by atoms with Gasteiger partial charge < -0.3 is 15.0 Å². The first-order valence-electron chi connectivity index (χ1n) is 12.7. The predicted octanol–water partition coefficient (Wildman–Crippen LogP) is 4.39. The lowest BCUT2D eigenvalue weighted by Crippen LogP contribution is -2.48. The molecule has 1 aromatic heterocycles. The number of anilines is 2. The molecule has 0 unspecified atom stereocenters. The first-order valence-corrected chi connectivity index (χ1v) is 15.0. The molecule has 1 aliphatic rings. The van der Waals surface area contributed by atoms with E-state index in [1.807, 2.05) is 19.1 Å². The van der Waals surface area contributed by atoms with Crippen LogP contribution in [0.2, 0.25) is 0 Å². The number of sulfonamides is 1. The molecule has 3 aromatic carbocycles. The molecule has 0 atom stereocenters. The van der Waals surface area contributed by atoms with Crippen molar-refractivity contribution in [3.8, 4) is 5.75 Å². The molecule has 9 nitrogen and oxygen atoms in total. The van der Waals surface area contributed by atoms with E-state index in [-0.39, 0.29) is 34.5 Å². The molecule has 0 aliphatic carbocycles. The highest BCUT2D eigenvalue weighted by Gasteiger charge is 2.22. The van der Waals surface area contributed by atoms with E-state index in [1.165, 1.54) is 0 Å². The zero-order valence-electron chi connectivity index (χ0n) is 22.3. The van der Waals surface area contributed by atoms with Gasteiger partial charge >= 0.3 is 0 Å². The number of para-hydroxylation sites is 2. The summed E-state index contributed by atoms with van der Waals surface area (Å²) in [7, 11) is -2.16. The van der Waals surface area contributed by atoms with Crippen molar-refractivity contribution in [1.29, 1.82) is 0 Å². The van der Waals surface area contributed by atoms with Gasteiger partial charge in [0.05, 0.1) is 28.0 Å². The van der Waals surface area contributed by atoms with E-state index in [2.05, 4.69) is 25.9 Å². The molecule has 4 aromatic rings. The van der Waals surface area contributed by atoms with E-state index in [0.29, 0.717) is 13.1 Å². The van der Waals surface area contributed by atoms with Crippen molar-refractivity contribution in [2.45, 2.75) is 11.8 Å². The fourth-order valence-corrected chi connectivity index (χ4v) is 6.60. The number of carbonyl (C=O) groups excluding carboxylic acids is 1. The van der Waals surface area contributed by atoms with Gasteiger partial charge in [-0.3, -0.25) is 14.4 Å². The maximum atomic E-state index is 13.0. The lowest BCUT2D eigenvalue weighted by molar-refractivity contribution is 0.0948. The standard InChI is InChI=1S/C28H31N5O4S2.ClH/c1-20-10-12-21(13-11-20)39(35,36)31-23-7-4-3-6-22(23)27(34)29-14-15-32-16-18-33(19-17-32)28-30-26-24(37-2)8-5-9-25(26)38-28;/h3-13,31H,14-19H2,1-2H3,(H,29,34);1H. The number of benzene rings is 3. The zero-order valence-corrected chi connectivity index (χ0v) is 24.7. The average Bonchev–Trinajstić information content (AvgIpc) is 3.38. The van der Waals surface area contributed by atoms with Crippen LogP contribution in [0.3, 0.4) is 0 Å². The third-order valence-electron chi connectivity index (χ3n) is 6.69. The molecule has 1 aliphatic heterocycles. The number of ether oxygens (including phenoxy) is 1. The molecule has 2 heterocycles. The summed E-state index contributed by atoms with van der Waals surface area (Å²) in [5.74, 6) is 0.466. The van der Waals surface area contributed by atoms with Crippen molar-refractivity contribution in [1.82, 2.24) is 15.2 Å². The van der Waals surface area contributed by atoms with Crippen LogP contribution in [0, 0.1) is 6.92 Å². The van der Waals surface area contributed by atoms with Crippen LogP contribution in [0.1, 0.15) is 15.9 Å². The summed E-state index contributed by atoms with van der Waals surface area (Å²) in [4.78, 5) is 22.5. The van der Waals surface area contributed by atoms with E-state index in [0.717, 1.165) is 52.8 Å². The molecule has 212 valence electrons. The smallest absolute Gasteiger partial charge is 0.261 e. The van der Waals surface area contributed by atoms with Crippen LogP contribution in [0.4, 0.5) is 10.8 Å². The molecule has 2 N–H and O–H groups in total. The van der Waals surface area contributed by atoms with Gasteiger partial charge in [0.25, 0.3) is 15.9 Å². The monoisotopic (exact) mass is 601 g/mol. The lowest BCUT2D eigenvalue weighted by Gasteiger charge is -2.34. The van der Waals surface area contributed by atoms with Crippen LogP contribution in [0.15, 0.2) is 71.6 Å². The number of fused-ring (bicyclic) bond motifs is 1. The van der Waals surface area contributed by atoms with Crippen molar-refractivity contribution >= 4 is 60.7 Å². The third kappa shape index (κ3) is 6.67. The second-order valence-corrected chi connectivity index (χ2v) is 12.0. The predicted molar refractivity (Wildman–Crippen MR) is 163 cm³/mol. The van der Waals surface area contributed by atoms with Crippen molar-refractivity contribution in [3.63, 3.8) is 0 Å². The number of halogens is 1. The Balaban J connectivity index is 0.00000370. The number of nitrogens with one attached hydrogen (secondary N) is 2. The Kier molecular flexibility index (Phi) is 9.52. The Labute approximate surface area is 244 Å². The highest BCUT2D eigenvalue weighted by atomic mass is 35.5. The highest BCUT2D eigenvalue weighted by Crippen LogP contribution is 2.34. The van der Waals surface area contributed by atoms with E-state index in [9.17, 15) is 13.2 Å². The Bertz CT molecular complexity index is 1570. The minimum absolute atomic E-state index is 0. The molecular formula is C28H32ClN5O4S2. The van der Waals surface area contributed by atoms with Crippen LogP contribution >= 0.6 is 23.7 Å². The molecule has 0 spiro atoms. The average molecular weight is 602 g/mol. The Hall–Kier alpha value is -3.38. The van der Waals surface area contributed by atoms with E-state index < -0.39 is 10.0 Å². The van der Waals surface area contributed by atoms with Gasteiger partial charge in [-0.15, -0.1) is 12.4 Å². The van der Waals surface area contributed by atoms with Gasteiger partial charge in [-0.2, -0.15) is 0 Å². The van der Waals surface area contributed by atoms with Crippen LogP contribution in [0.5, 0.6) is 5.75 Å². The van der Waals surface area contributed by atoms with Gasteiger partial charge in [0, 0.05) is 39.3 Å². The van der Waals surface area contributed by atoms with Crippen molar-refractivity contribution in [2.24, 2.45) is 0 Å². The molecule has 1 amide bonds. The van der Waals surface area contributed by atoms with Gasteiger partial charge in [-0.05, 0) is 43.3 Å². The number of hydrogen-bond acceptors (Lipinski definition) is 8. The summed E-state index contributed by atoms with van der Waals surface area (Å²) >= 11 is 1.67. The van der Waals surface area contributed by atoms with Crippen molar-refractivity contribution in [3.05, 3.63) is 77.9 Å². The van der Waals surface area contributed by atoms with Gasteiger partial charge in [0.1, 0.15) is 11.3 Å². The first kappa shape index (κ1) is 29.6. The number of amides is 1. The van der Waals surface area contributed by atoms with Gasteiger partial charge in [-0.1, -0.05) is 47.2 Å². The second-order valence-electron chi connectivity index (χ2n) is 9.35. The zero-order chi connectivity index (χ0) is 27.4. The van der Waals surface area contributed by atoms with Crippen LogP contribution in [0.25, 0.3) is 10.2 Å². The molecule has 12 heteroatoms. The van der Waals surface area contributed by atoms with E-state index in [1.54, 1.807) is 67.0 Å². The van der Waals surface area contributed by atoms with Gasteiger partial charge in [0.2, 0.25) is 0 Å². The SMILES string of the molecule is COc1cccc2sc(N3CCN(CCNC(=O)c4ccccc4NS(=O)(=O)c4ccc(C)cc4)CC3)nc12.Cl. The Morgan fingerprint density at radius 2 is 1.73 bits per heavy atom. The number of methoxy groups -OCH3 is 1. The fourth-order valence-electron chi connectivity index (χ4n) is 4.49. The normalized spacial score (nSPS) is 14.0. The molecule has 0 saturated carbocycles. The second kappa shape index (κ2) is 12.9. The molecular weight excluding hydrogens is 570 g/mol. The van der Waals surface area contributed by atoms with Crippen molar-refractivity contribution < 1.29 is 17.9 Å². The van der Waals surface area contributed by atoms with Crippen LogP contribution < -0.4 is 19.7 Å². The molecule has 40 heavy (non-hydrogen) atoms. The number of thiazole rings is 1. The number of aromatic nitrogens is 1. The van der Waals surface area contributed by atoms with Crippen LogP contribution in [-0.4, -0.2) is 70.6 Å². The summed E-state index contributed by atoms with van der Waals surface area (Å²) < 4.78 is 34.8. The maximum absolute atomic E-state index is 13.0. The fraction of sp³-hybridized carbons (Fsp3) is 0.286. The number of aryl methyl sites for hydroxylation is 1. The minimum atomic E-state index is -3.82. The summed E-state index contributed by atoms with van der Waals surface area (Å²) in [6.07, 6.45) is 0. The Morgan fingerprint density at radius 1 is 1.00 bits per heavy atom. The first-order chi connectivity index (χ1) is 18.8. The molecule has 1 fully saturated rings. The summed E-state index contributed by atoms with van der Waals surface area (Å²) in [6, 6.07) is 19.2. The van der Waals surface area contributed by atoms with E-state index >= 15 is 0 Å². The molecule has 1 saturated heterocycles. The number of carbonyl (C=O) groups is 1. The minimum Gasteiger partial charge on any atom is -0.494 e. The number of rotatable bonds is 9. The maximum Gasteiger partial charge on any atom is 0.261 e. The Morgan fingerprint density at radius 3 is 2.45 bits per heavy atom.